The van der Waals surface area contributed by atoms with E-state index in [9.17, 15) is 24.6 Å². The minimum Gasteiger partial charge on any atom is -0.463 e. The Hall–Kier alpha value is -3.09. The van der Waals surface area contributed by atoms with Crippen LogP contribution < -0.4 is 0 Å². The highest BCUT2D eigenvalue weighted by atomic mass is 16.6. The van der Waals surface area contributed by atoms with Gasteiger partial charge in [-0.1, -0.05) is 211 Å². The lowest BCUT2D eigenvalue weighted by Gasteiger charge is -2.32. The third-order valence-corrected chi connectivity index (χ3v) is 18.7. The van der Waals surface area contributed by atoms with Crippen molar-refractivity contribution in [3.05, 3.63) is 36.5 Å². The molecule has 0 aromatic carbocycles. The molecule has 24 heteroatoms. The van der Waals surface area contributed by atoms with Gasteiger partial charge in [-0.15, -0.1) is 0 Å². The van der Waals surface area contributed by atoms with Crippen LogP contribution in [0.1, 0.15) is 290 Å². The first kappa shape index (κ1) is 111. The minimum atomic E-state index is -1.78. The van der Waals surface area contributed by atoms with Gasteiger partial charge < -0.3 is 101 Å². The predicted molar refractivity (Wildman–Crippen MR) is 450 cm³/mol. The Balaban J connectivity index is 4.93. The van der Waals surface area contributed by atoms with Gasteiger partial charge in [-0.05, 0) is 96.3 Å². The largest absolute Gasteiger partial charge is 0.463 e. The van der Waals surface area contributed by atoms with E-state index >= 15 is 0 Å². The van der Waals surface area contributed by atoms with Crippen molar-refractivity contribution in [3.63, 3.8) is 0 Å². The molecule has 0 bridgehead atoms. The number of hydrogen-bond donors (Lipinski definition) is 3. The number of aliphatic hydroxyl groups excluding tert-OH is 3. The van der Waals surface area contributed by atoms with Gasteiger partial charge in [-0.3, -0.25) is 14.4 Å². The number of rotatable bonds is 98. The highest BCUT2D eigenvalue weighted by Crippen LogP contribution is 2.20. The van der Waals surface area contributed by atoms with Gasteiger partial charge in [0, 0.05) is 19.3 Å². The van der Waals surface area contributed by atoms with Gasteiger partial charge in [0.1, 0.15) is 18.8 Å². The van der Waals surface area contributed by atoms with Gasteiger partial charge in [0.15, 0.2) is 12.2 Å². The van der Waals surface area contributed by atoms with Crippen molar-refractivity contribution < 1.29 is 115 Å². The van der Waals surface area contributed by atoms with Gasteiger partial charge in [0.2, 0.25) is 0 Å². The zero-order valence-electron chi connectivity index (χ0n) is 72.5. The highest BCUT2D eigenvalue weighted by Gasteiger charge is 2.39. The van der Waals surface area contributed by atoms with Crippen LogP contribution in [0.2, 0.25) is 0 Å². The van der Waals surface area contributed by atoms with E-state index < -0.39 is 48.9 Å². The molecule has 0 aromatic heterocycles. The second kappa shape index (κ2) is 97.0. The van der Waals surface area contributed by atoms with Gasteiger partial charge in [0.25, 0.3) is 0 Å². The number of allylic oxidation sites excluding steroid dienone is 6. The van der Waals surface area contributed by atoms with E-state index in [0.717, 1.165) is 116 Å². The lowest BCUT2D eigenvalue weighted by atomic mass is 10.0. The third-order valence-electron chi connectivity index (χ3n) is 18.7. The van der Waals surface area contributed by atoms with Crippen LogP contribution in [0.15, 0.2) is 36.5 Å². The summed E-state index contributed by atoms with van der Waals surface area (Å²) >= 11 is 0. The molecule has 0 spiro atoms. The van der Waals surface area contributed by atoms with E-state index in [1.165, 1.54) is 116 Å². The van der Waals surface area contributed by atoms with Crippen molar-refractivity contribution in [3.8, 4) is 0 Å². The average molecular weight is 1640 g/mol. The molecular formula is C90H170O24. The molecule has 114 heavy (non-hydrogen) atoms. The van der Waals surface area contributed by atoms with Crippen molar-refractivity contribution in [1.29, 1.82) is 0 Å². The summed E-state index contributed by atoms with van der Waals surface area (Å²) in [7, 11) is 0. The zero-order chi connectivity index (χ0) is 82.3. The molecule has 0 heterocycles. The van der Waals surface area contributed by atoms with Gasteiger partial charge >= 0.3 is 17.9 Å². The van der Waals surface area contributed by atoms with Crippen molar-refractivity contribution >= 4 is 17.9 Å². The minimum absolute atomic E-state index is 0.0105. The predicted octanol–water partition coefficient (Wildman–Crippen LogP) is 16.4. The van der Waals surface area contributed by atoms with Crippen molar-refractivity contribution in [2.24, 2.45) is 0 Å². The molecule has 0 aliphatic heterocycles. The third kappa shape index (κ3) is 88.2. The van der Waals surface area contributed by atoms with Crippen LogP contribution >= 0.6 is 0 Å². The Bertz CT molecular complexity index is 2010. The normalized spacial score (nSPS) is 13.0. The first-order valence-electron chi connectivity index (χ1n) is 45.4. The molecule has 0 saturated heterocycles. The van der Waals surface area contributed by atoms with Crippen LogP contribution in [-0.4, -0.2) is 269 Å². The molecule has 0 aliphatic carbocycles. The van der Waals surface area contributed by atoms with Crippen molar-refractivity contribution in [1.82, 2.24) is 0 Å². The van der Waals surface area contributed by atoms with Crippen LogP contribution in [0.25, 0.3) is 0 Å². The van der Waals surface area contributed by atoms with E-state index in [-0.39, 0.29) is 52.3 Å². The summed E-state index contributed by atoms with van der Waals surface area (Å²) in [5.41, 5.74) is 0. The Morgan fingerprint density at radius 3 is 0.711 bits per heavy atom. The molecule has 0 amide bonds. The fraction of sp³-hybridized carbons (Fsp3) is 0.900. The lowest BCUT2D eigenvalue weighted by Crippen LogP contribution is -2.51. The molecule has 24 nitrogen and oxygen atoms in total. The number of carbonyl (C=O) groups excluding carboxylic acids is 3. The van der Waals surface area contributed by atoms with Crippen LogP contribution in [0.4, 0.5) is 0 Å². The maximum atomic E-state index is 13.7. The number of carbonyl (C=O) groups is 3. The molecule has 0 aromatic rings. The van der Waals surface area contributed by atoms with Gasteiger partial charge in [-0.25, -0.2) is 0 Å². The molecule has 0 fully saturated rings. The highest BCUT2D eigenvalue weighted by molar-refractivity contribution is 5.71. The molecule has 674 valence electrons. The van der Waals surface area contributed by atoms with Gasteiger partial charge in [0.05, 0.1) is 205 Å². The van der Waals surface area contributed by atoms with Crippen LogP contribution in [0, 0.1) is 0 Å². The monoisotopic (exact) mass is 1640 g/mol. The summed E-state index contributed by atoms with van der Waals surface area (Å²) in [5.74, 6) is -1.62. The Morgan fingerprint density at radius 1 is 0.246 bits per heavy atom. The number of esters is 3. The number of aliphatic hydroxyl groups is 3. The SMILES string of the molecule is CCCCCCCC/C=C\CCCCCCCC(=O)OC[C@@H](O)[C@@H](O)[C@H](OC(=O)CCCCCCC/C=C\CCCCCCCC)[C@H](COCCOCCOCCOCCOCCOCCOCCOCCOCCOCCOCCOCCOCCOCCOCCO)OC(=O)CCCCCCC/C=C\CCCCCCCC. The van der Waals surface area contributed by atoms with Crippen LogP contribution in [0.5, 0.6) is 0 Å². The Labute approximate surface area is 692 Å². The summed E-state index contributed by atoms with van der Waals surface area (Å²) in [4.78, 5) is 40.4. The molecule has 4 atom stereocenters. The smallest absolute Gasteiger partial charge is 0.306 e. The fourth-order valence-corrected chi connectivity index (χ4v) is 11.9. The maximum Gasteiger partial charge on any atom is 0.306 e. The van der Waals surface area contributed by atoms with Crippen molar-refractivity contribution in [2.75, 3.05) is 211 Å². The first-order chi connectivity index (χ1) is 56.3. The lowest BCUT2D eigenvalue weighted by molar-refractivity contribution is -0.193. The quantitative estimate of drug-likeness (QED) is 0.0221. The summed E-state index contributed by atoms with van der Waals surface area (Å²) in [6, 6.07) is 0. The summed E-state index contributed by atoms with van der Waals surface area (Å²) in [6.45, 7) is 18.0. The molecule has 3 N–H and O–H groups in total. The van der Waals surface area contributed by atoms with E-state index in [1.807, 2.05) is 0 Å². The number of unbranched alkanes of at least 4 members (excludes halogenated alkanes) is 33. The first-order valence-corrected chi connectivity index (χ1v) is 45.4. The zero-order valence-corrected chi connectivity index (χ0v) is 72.5. The van der Waals surface area contributed by atoms with Crippen LogP contribution in [-0.2, 0) is 99.6 Å². The topological polar surface area (TPSA) is 278 Å². The maximum absolute atomic E-state index is 13.7. The van der Waals surface area contributed by atoms with E-state index in [0.29, 0.717) is 191 Å². The van der Waals surface area contributed by atoms with E-state index in [4.69, 9.17) is 90.4 Å². The van der Waals surface area contributed by atoms with Crippen LogP contribution in [0.3, 0.4) is 0 Å². The number of ether oxygens (including phenoxy) is 18. The Kier molecular flexibility index (Phi) is 94.4. The molecule has 0 unspecified atom stereocenters. The van der Waals surface area contributed by atoms with E-state index in [1.54, 1.807) is 0 Å². The summed E-state index contributed by atoms with van der Waals surface area (Å²) < 4.78 is 101. The Morgan fingerprint density at radius 2 is 0.456 bits per heavy atom. The van der Waals surface area contributed by atoms with Gasteiger partial charge in [-0.2, -0.15) is 0 Å². The molecule has 0 rings (SSSR count). The molecular weight excluding hydrogens is 1460 g/mol. The molecule has 0 radical (unpaired) electrons. The molecule has 0 saturated carbocycles. The average Bonchev–Trinajstić information content (AvgIpc) is 0.850. The van der Waals surface area contributed by atoms with E-state index in [2.05, 4.69) is 57.2 Å². The van der Waals surface area contributed by atoms with Crippen molar-refractivity contribution in [2.45, 2.75) is 315 Å². The standard InChI is InChI=1S/C90H170O24/c1-4-7-10-13-16-19-22-25-28-31-34-37-40-43-46-49-86(93)112-82-84(92)89(96)90(114-88(95)51-48-45-42-39-36-33-30-27-24-21-18-15-12-9-6-3)85(113-87(94)50-47-44-41-38-35-32-29-26-23-20-17-14-11-8-5-2)83-111-81-80-110-79-78-109-77-76-108-75-74-107-73-72-106-71-70-105-69-68-104-67-66-103-65-64-102-63-62-101-61-60-100-59-58-99-57-56-98-55-54-97-53-52-91/h25-30,84-85,89-92,96H,4-24,31-83H2,1-3H3/b28-25-,29-26-,30-27-/t84-,85+,89-,90-/m1/s1. The second-order valence-electron chi connectivity index (χ2n) is 29.1. The summed E-state index contributed by atoms with van der Waals surface area (Å²) in [6.07, 6.45) is 51.7. The summed E-state index contributed by atoms with van der Waals surface area (Å²) in [5, 5.41) is 32.0. The second-order valence-corrected chi connectivity index (χ2v) is 29.1. The number of hydrogen-bond acceptors (Lipinski definition) is 24. The molecule has 0 aliphatic rings. The fourth-order valence-electron chi connectivity index (χ4n) is 11.9.